The number of carbonyl (C=O) groups is 1. The zero-order chi connectivity index (χ0) is 21.9. The number of guanidine groups is 1. The van der Waals surface area contributed by atoms with E-state index in [9.17, 15) is 4.79 Å². The minimum atomic E-state index is -0.0350. The molecule has 0 radical (unpaired) electrons. The number of unbranched alkanes of at least 4 members (excludes halogenated alkanes) is 1. The molecule has 2 rings (SSSR count). The van der Waals surface area contributed by atoms with Crippen molar-refractivity contribution in [2.45, 2.75) is 38.8 Å². The quantitative estimate of drug-likeness (QED) is 0.216. The molecule has 0 saturated carbocycles. The van der Waals surface area contributed by atoms with Crippen molar-refractivity contribution in [1.82, 2.24) is 25.6 Å². The van der Waals surface area contributed by atoms with E-state index in [0.717, 1.165) is 63.4 Å². The summed E-state index contributed by atoms with van der Waals surface area (Å²) < 4.78 is 5.44. The van der Waals surface area contributed by atoms with Crippen LogP contribution in [0.2, 0.25) is 0 Å². The van der Waals surface area contributed by atoms with E-state index in [0.29, 0.717) is 18.7 Å². The maximum atomic E-state index is 12.1. The molecule has 0 saturated heterocycles. The Balaban J connectivity index is 2.24. The fourth-order valence-corrected chi connectivity index (χ4v) is 3.64. The number of nitrogens with zero attached hydrogens (tertiary/aromatic N) is 4. The van der Waals surface area contributed by atoms with Crippen molar-refractivity contribution in [3.05, 3.63) is 35.7 Å². The van der Waals surface area contributed by atoms with Crippen LogP contribution in [0.15, 0.2) is 40.7 Å². The normalized spacial score (nSPS) is 20.4. The fraction of sp³-hybridized carbons (Fsp3) is 0.636. The molecule has 8 heteroatoms. The molecule has 2 aliphatic rings. The third-order valence-electron chi connectivity index (χ3n) is 5.55. The summed E-state index contributed by atoms with van der Waals surface area (Å²) in [5.74, 6) is 0.755. The van der Waals surface area contributed by atoms with Gasteiger partial charge in [0.2, 0.25) is 5.96 Å². The van der Waals surface area contributed by atoms with Crippen LogP contribution >= 0.6 is 0 Å². The average molecular weight is 419 g/mol. The van der Waals surface area contributed by atoms with E-state index < -0.39 is 0 Å². The van der Waals surface area contributed by atoms with Gasteiger partial charge in [-0.05, 0) is 38.3 Å². The number of aliphatic imine (C=N–C) groups is 1. The summed E-state index contributed by atoms with van der Waals surface area (Å²) in [4.78, 5) is 19.2. The summed E-state index contributed by atoms with van der Waals surface area (Å²) in [5, 5.41) is 10.7. The number of hydrazine groups is 1. The van der Waals surface area contributed by atoms with E-state index in [1.54, 1.807) is 0 Å². The molecule has 8 nitrogen and oxygen atoms in total. The number of rotatable bonds is 12. The minimum absolute atomic E-state index is 0.0350. The fourth-order valence-electron chi connectivity index (χ4n) is 3.64. The molecule has 30 heavy (non-hydrogen) atoms. The van der Waals surface area contributed by atoms with Crippen LogP contribution in [0.3, 0.4) is 0 Å². The number of carbonyl (C=O) groups excluding carboxylic acids is 1. The number of allylic oxidation sites excluding steroid dienone is 3. The largest absolute Gasteiger partial charge is 0.377 e. The number of aldehydes is 1. The Morgan fingerprint density at radius 3 is 2.83 bits per heavy atom. The maximum Gasteiger partial charge on any atom is 0.214 e. The van der Waals surface area contributed by atoms with Crippen molar-refractivity contribution in [3.63, 3.8) is 0 Å². The van der Waals surface area contributed by atoms with Gasteiger partial charge in [0.15, 0.2) is 6.29 Å². The van der Waals surface area contributed by atoms with Crippen LogP contribution in [0.4, 0.5) is 0 Å². The SMILES string of the molecule is C=CCCCN(CCNC)/C(C=O)=C(\CC)NC1=NC(C2=CCOCC2)N(C)N1C. The first kappa shape index (κ1) is 24.1. The van der Waals surface area contributed by atoms with Crippen LogP contribution in [-0.2, 0) is 9.53 Å². The lowest BCUT2D eigenvalue weighted by atomic mass is 10.1. The second kappa shape index (κ2) is 12.5. The molecule has 2 N–H and O–H groups in total. The summed E-state index contributed by atoms with van der Waals surface area (Å²) in [6.45, 7) is 9.63. The predicted molar refractivity (Wildman–Crippen MR) is 122 cm³/mol. The summed E-state index contributed by atoms with van der Waals surface area (Å²) in [7, 11) is 5.94. The van der Waals surface area contributed by atoms with Crippen molar-refractivity contribution < 1.29 is 9.53 Å². The van der Waals surface area contributed by atoms with E-state index in [4.69, 9.17) is 9.73 Å². The lowest BCUT2D eigenvalue weighted by molar-refractivity contribution is -0.106. The highest BCUT2D eigenvalue weighted by atomic mass is 16.5. The number of hydrogen-bond donors (Lipinski definition) is 2. The lowest BCUT2D eigenvalue weighted by Crippen LogP contribution is -2.45. The zero-order valence-corrected chi connectivity index (χ0v) is 19.0. The average Bonchev–Trinajstić information content (AvgIpc) is 3.05. The Kier molecular flexibility index (Phi) is 10.1. The molecule has 1 unspecified atom stereocenters. The third kappa shape index (κ3) is 6.17. The van der Waals surface area contributed by atoms with Crippen LogP contribution in [-0.4, -0.2) is 87.3 Å². The Morgan fingerprint density at radius 2 is 2.23 bits per heavy atom. The Labute approximate surface area is 181 Å². The van der Waals surface area contributed by atoms with Crippen molar-refractivity contribution in [3.8, 4) is 0 Å². The highest BCUT2D eigenvalue weighted by molar-refractivity contribution is 5.84. The Morgan fingerprint density at radius 1 is 1.43 bits per heavy atom. The molecule has 0 aromatic carbocycles. The van der Waals surface area contributed by atoms with Crippen molar-refractivity contribution in [1.29, 1.82) is 0 Å². The van der Waals surface area contributed by atoms with Gasteiger partial charge in [0, 0.05) is 39.4 Å². The number of likely N-dealkylation sites (N-methyl/N-ethyl adjacent to an activating group) is 2. The summed E-state index contributed by atoms with van der Waals surface area (Å²) in [6.07, 6.45) is 8.46. The monoisotopic (exact) mass is 418 g/mol. The second-order valence-corrected chi connectivity index (χ2v) is 7.51. The van der Waals surface area contributed by atoms with Gasteiger partial charge in [-0.3, -0.25) is 9.80 Å². The molecule has 0 spiro atoms. The molecule has 2 aliphatic heterocycles. The molecule has 0 fully saturated rings. The molecule has 1 atom stereocenters. The van der Waals surface area contributed by atoms with Gasteiger partial charge in [-0.1, -0.05) is 19.1 Å². The maximum absolute atomic E-state index is 12.1. The first-order valence-electron chi connectivity index (χ1n) is 10.8. The molecule has 0 amide bonds. The van der Waals surface area contributed by atoms with Gasteiger partial charge >= 0.3 is 0 Å². The molecular formula is C22H38N6O2. The van der Waals surface area contributed by atoms with Gasteiger partial charge < -0.3 is 20.3 Å². The highest BCUT2D eigenvalue weighted by Crippen LogP contribution is 2.24. The van der Waals surface area contributed by atoms with Gasteiger partial charge in [0.05, 0.1) is 18.9 Å². The lowest BCUT2D eigenvalue weighted by Gasteiger charge is -2.30. The van der Waals surface area contributed by atoms with Crippen LogP contribution in [0.1, 0.15) is 32.6 Å². The van der Waals surface area contributed by atoms with E-state index in [-0.39, 0.29) is 6.17 Å². The molecule has 0 aromatic rings. The second-order valence-electron chi connectivity index (χ2n) is 7.51. The third-order valence-corrected chi connectivity index (χ3v) is 5.55. The molecule has 0 bridgehead atoms. The van der Waals surface area contributed by atoms with Gasteiger partial charge in [0.1, 0.15) is 6.17 Å². The first-order valence-corrected chi connectivity index (χ1v) is 10.8. The number of hydrogen-bond acceptors (Lipinski definition) is 8. The summed E-state index contributed by atoms with van der Waals surface area (Å²) in [5.41, 5.74) is 2.86. The van der Waals surface area contributed by atoms with Crippen molar-refractivity contribution in [2.24, 2.45) is 4.99 Å². The molecule has 0 aromatic heterocycles. The Bertz CT molecular complexity index is 673. The van der Waals surface area contributed by atoms with Gasteiger partial charge in [0.25, 0.3) is 0 Å². The molecular weight excluding hydrogens is 380 g/mol. The minimum Gasteiger partial charge on any atom is -0.377 e. The van der Waals surface area contributed by atoms with E-state index in [2.05, 4.69) is 40.1 Å². The standard InChI is InChI=1S/C22H38N6O2/c1-6-8-9-13-28(14-12-23-3)20(17-29)19(7-2)24-22-25-21(26(4)27(22)5)18-10-15-30-16-11-18/h6,10,17,21,23H,1,7-9,11-16H2,2-5H3,(H,24,25)/b20-19+. The van der Waals surface area contributed by atoms with Crippen LogP contribution in [0.5, 0.6) is 0 Å². The predicted octanol–water partition coefficient (Wildman–Crippen LogP) is 1.71. The molecule has 2 heterocycles. The van der Waals surface area contributed by atoms with E-state index in [1.165, 1.54) is 5.57 Å². The zero-order valence-electron chi connectivity index (χ0n) is 19.0. The van der Waals surface area contributed by atoms with Gasteiger partial charge in [-0.2, -0.15) is 5.01 Å². The van der Waals surface area contributed by atoms with E-state index in [1.807, 2.05) is 32.2 Å². The van der Waals surface area contributed by atoms with E-state index >= 15 is 0 Å². The first-order chi connectivity index (χ1) is 14.6. The molecule has 0 aliphatic carbocycles. The summed E-state index contributed by atoms with van der Waals surface area (Å²) in [6, 6.07) is 0. The van der Waals surface area contributed by atoms with Crippen LogP contribution in [0.25, 0.3) is 0 Å². The van der Waals surface area contributed by atoms with Gasteiger partial charge in [-0.25, -0.2) is 4.99 Å². The Hall–Kier alpha value is -2.16. The number of nitrogens with one attached hydrogen (secondary N) is 2. The molecule has 168 valence electrons. The van der Waals surface area contributed by atoms with Crippen molar-refractivity contribution >= 4 is 12.2 Å². The number of ether oxygens (including phenoxy) is 1. The summed E-state index contributed by atoms with van der Waals surface area (Å²) >= 11 is 0. The topological polar surface area (TPSA) is 72.4 Å². The van der Waals surface area contributed by atoms with Crippen molar-refractivity contribution in [2.75, 3.05) is 54.0 Å². The van der Waals surface area contributed by atoms with Crippen LogP contribution < -0.4 is 10.6 Å². The van der Waals surface area contributed by atoms with Crippen LogP contribution in [0, 0.1) is 0 Å². The smallest absolute Gasteiger partial charge is 0.214 e. The van der Waals surface area contributed by atoms with Gasteiger partial charge in [-0.15, -0.1) is 6.58 Å². The highest BCUT2D eigenvalue weighted by Gasteiger charge is 2.32.